The van der Waals surface area contributed by atoms with Crippen molar-refractivity contribution in [2.75, 3.05) is 13.7 Å². The summed E-state index contributed by atoms with van der Waals surface area (Å²) in [6.45, 7) is 6.43. The Morgan fingerprint density at radius 2 is 2.29 bits per heavy atom. The van der Waals surface area contributed by atoms with Gasteiger partial charge in [0.05, 0.1) is 4.92 Å². The summed E-state index contributed by atoms with van der Waals surface area (Å²) in [5.41, 5.74) is 1.74. The van der Waals surface area contributed by atoms with Gasteiger partial charge in [-0.3, -0.25) is 10.1 Å². The molecule has 1 aromatic rings. The van der Waals surface area contributed by atoms with Crippen LogP contribution in [0.5, 0.6) is 5.75 Å². The van der Waals surface area contributed by atoms with Crippen LogP contribution in [0.1, 0.15) is 12.5 Å². The van der Waals surface area contributed by atoms with E-state index in [9.17, 15) is 10.1 Å². The summed E-state index contributed by atoms with van der Waals surface area (Å²) in [5, 5.41) is 13.8. The average Bonchev–Trinajstić information content (AvgIpc) is 2.26. The van der Waals surface area contributed by atoms with Crippen molar-refractivity contribution in [1.29, 1.82) is 0 Å². The van der Waals surface area contributed by atoms with Gasteiger partial charge in [0, 0.05) is 12.6 Å². The Kier molecular flexibility index (Phi) is 4.66. The van der Waals surface area contributed by atoms with Crippen LogP contribution in [0.2, 0.25) is 0 Å². The molecule has 0 spiro atoms. The molecular weight excluding hydrogens is 220 g/mol. The standard InChI is InChI=1S/C12H16N2O3/c1-9(2)8-17-12-6-10(7-13-3)4-5-11(12)14(15)16/h4-6,13H,1,7-8H2,2-3H3. The maximum absolute atomic E-state index is 10.8. The molecule has 0 unspecified atom stereocenters. The SMILES string of the molecule is C=C(C)COc1cc(CNC)ccc1[N+](=O)[O-]. The van der Waals surface area contributed by atoms with Crippen LogP contribution in [-0.2, 0) is 6.54 Å². The number of hydrogen-bond donors (Lipinski definition) is 1. The van der Waals surface area contributed by atoms with Crippen molar-refractivity contribution in [3.63, 3.8) is 0 Å². The van der Waals surface area contributed by atoms with E-state index in [0.29, 0.717) is 6.54 Å². The van der Waals surface area contributed by atoms with E-state index in [0.717, 1.165) is 11.1 Å². The molecule has 1 rings (SSSR count). The quantitative estimate of drug-likeness (QED) is 0.467. The minimum absolute atomic E-state index is 0.0221. The summed E-state index contributed by atoms with van der Waals surface area (Å²) in [4.78, 5) is 10.4. The molecule has 0 aliphatic carbocycles. The Balaban J connectivity index is 2.98. The number of hydrogen-bond acceptors (Lipinski definition) is 4. The Bertz CT molecular complexity index is 430. The molecule has 5 heteroatoms. The van der Waals surface area contributed by atoms with E-state index in [1.807, 2.05) is 14.0 Å². The highest BCUT2D eigenvalue weighted by Crippen LogP contribution is 2.28. The number of rotatable bonds is 6. The van der Waals surface area contributed by atoms with Gasteiger partial charge in [-0.15, -0.1) is 0 Å². The second-order valence-electron chi connectivity index (χ2n) is 3.84. The predicted molar refractivity (Wildman–Crippen MR) is 66.2 cm³/mol. The monoisotopic (exact) mass is 236 g/mol. The smallest absolute Gasteiger partial charge is 0.310 e. The Morgan fingerprint density at radius 1 is 1.59 bits per heavy atom. The number of nitro groups is 1. The fraction of sp³-hybridized carbons (Fsp3) is 0.333. The van der Waals surface area contributed by atoms with Crippen molar-refractivity contribution < 1.29 is 9.66 Å². The van der Waals surface area contributed by atoms with Gasteiger partial charge in [-0.2, -0.15) is 0 Å². The summed E-state index contributed by atoms with van der Waals surface area (Å²) in [6, 6.07) is 4.85. The van der Waals surface area contributed by atoms with Crippen LogP contribution >= 0.6 is 0 Å². The Morgan fingerprint density at radius 3 is 2.82 bits per heavy atom. The normalized spacial score (nSPS) is 10.0. The molecule has 0 bridgehead atoms. The van der Waals surface area contributed by atoms with E-state index >= 15 is 0 Å². The van der Waals surface area contributed by atoms with Crippen LogP contribution in [0.3, 0.4) is 0 Å². The molecule has 0 aromatic heterocycles. The lowest BCUT2D eigenvalue weighted by atomic mass is 10.2. The molecule has 0 aliphatic rings. The van der Waals surface area contributed by atoms with Crippen molar-refractivity contribution in [2.45, 2.75) is 13.5 Å². The van der Waals surface area contributed by atoms with Crippen molar-refractivity contribution in [1.82, 2.24) is 5.32 Å². The largest absolute Gasteiger partial charge is 0.482 e. The van der Waals surface area contributed by atoms with Gasteiger partial charge in [-0.1, -0.05) is 12.6 Å². The number of nitrogens with zero attached hydrogens (tertiary/aromatic N) is 1. The predicted octanol–water partition coefficient (Wildman–Crippen LogP) is 2.27. The van der Waals surface area contributed by atoms with E-state index in [1.54, 1.807) is 12.1 Å². The first kappa shape index (κ1) is 13.2. The minimum Gasteiger partial charge on any atom is -0.482 e. The topological polar surface area (TPSA) is 64.4 Å². The number of nitrogens with one attached hydrogen (secondary N) is 1. The summed E-state index contributed by atoms with van der Waals surface area (Å²) >= 11 is 0. The maximum Gasteiger partial charge on any atom is 0.310 e. The fourth-order valence-electron chi connectivity index (χ4n) is 1.34. The Labute approximate surface area is 100 Å². The van der Waals surface area contributed by atoms with Gasteiger partial charge in [0.15, 0.2) is 5.75 Å². The lowest BCUT2D eigenvalue weighted by Gasteiger charge is -2.08. The third-order valence-electron chi connectivity index (χ3n) is 2.08. The molecule has 0 atom stereocenters. The van der Waals surface area contributed by atoms with Crippen LogP contribution in [-0.4, -0.2) is 18.6 Å². The zero-order valence-electron chi connectivity index (χ0n) is 10.0. The first-order valence-electron chi connectivity index (χ1n) is 5.23. The third-order valence-corrected chi connectivity index (χ3v) is 2.08. The van der Waals surface area contributed by atoms with E-state index < -0.39 is 4.92 Å². The second kappa shape index (κ2) is 6.00. The van der Waals surface area contributed by atoms with E-state index in [-0.39, 0.29) is 18.0 Å². The molecule has 0 saturated heterocycles. The highest BCUT2D eigenvalue weighted by atomic mass is 16.6. The van der Waals surface area contributed by atoms with Gasteiger partial charge < -0.3 is 10.1 Å². The van der Waals surface area contributed by atoms with Gasteiger partial charge >= 0.3 is 5.69 Å². The first-order chi connectivity index (χ1) is 8.04. The van der Waals surface area contributed by atoms with Crippen LogP contribution in [0, 0.1) is 10.1 Å². The molecule has 0 heterocycles. The third kappa shape index (κ3) is 3.88. The van der Waals surface area contributed by atoms with Crippen molar-refractivity contribution in [3.8, 4) is 5.75 Å². The van der Waals surface area contributed by atoms with Gasteiger partial charge in [0.1, 0.15) is 6.61 Å². The highest BCUT2D eigenvalue weighted by Gasteiger charge is 2.15. The lowest BCUT2D eigenvalue weighted by Crippen LogP contribution is -2.06. The number of benzene rings is 1. The average molecular weight is 236 g/mol. The molecule has 5 nitrogen and oxygen atoms in total. The zero-order valence-corrected chi connectivity index (χ0v) is 10.0. The molecule has 0 aliphatic heterocycles. The summed E-state index contributed by atoms with van der Waals surface area (Å²) in [7, 11) is 1.82. The van der Waals surface area contributed by atoms with Crippen LogP contribution in [0.4, 0.5) is 5.69 Å². The van der Waals surface area contributed by atoms with Crippen molar-refractivity contribution in [2.24, 2.45) is 0 Å². The number of nitro benzene ring substituents is 1. The highest BCUT2D eigenvalue weighted by molar-refractivity contribution is 5.48. The van der Waals surface area contributed by atoms with E-state index in [4.69, 9.17) is 4.74 Å². The van der Waals surface area contributed by atoms with E-state index in [1.165, 1.54) is 6.07 Å². The molecule has 0 saturated carbocycles. The Hall–Kier alpha value is -1.88. The second-order valence-corrected chi connectivity index (χ2v) is 3.84. The van der Waals surface area contributed by atoms with Gasteiger partial charge in [-0.25, -0.2) is 0 Å². The lowest BCUT2D eigenvalue weighted by molar-refractivity contribution is -0.385. The molecule has 0 radical (unpaired) electrons. The van der Waals surface area contributed by atoms with E-state index in [2.05, 4.69) is 11.9 Å². The molecule has 0 fully saturated rings. The van der Waals surface area contributed by atoms with Gasteiger partial charge in [0.2, 0.25) is 0 Å². The molecular formula is C12H16N2O3. The summed E-state index contributed by atoms with van der Waals surface area (Å²) in [5.74, 6) is 0.283. The van der Waals surface area contributed by atoms with Gasteiger partial charge in [-0.05, 0) is 31.2 Å². The van der Waals surface area contributed by atoms with Crippen LogP contribution < -0.4 is 10.1 Å². The van der Waals surface area contributed by atoms with Crippen LogP contribution in [0.25, 0.3) is 0 Å². The molecule has 1 aromatic carbocycles. The van der Waals surface area contributed by atoms with Crippen molar-refractivity contribution >= 4 is 5.69 Å². The zero-order chi connectivity index (χ0) is 12.8. The summed E-state index contributed by atoms with van der Waals surface area (Å²) in [6.07, 6.45) is 0. The fourth-order valence-corrected chi connectivity index (χ4v) is 1.34. The van der Waals surface area contributed by atoms with Gasteiger partial charge in [0.25, 0.3) is 0 Å². The first-order valence-corrected chi connectivity index (χ1v) is 5.23. The molecule has 17 heavy (non-hydrogen) atoms. The summed E-state index contributed by atoms with van der Waals surface area (Å²) < 4.78 is 5.38. The minimum atomic E-state index is -0.448. The molecule has 92 valence electrons. The molecule has 0 amide bonds. The molecule has 1 N–H and O–H groups in total. The maximum atomic E-state index is 10.8. The van der Waals surface area contributed by atoms with Crippen LogP contribution in [0.15, 0.2) is 30.4 Å². The number of ether oxygens (including phenoxy) is 1. The van der Waals surface area contributed by atoms with Crippen molar-refractivity contribution in [3.05, 3.63) is 46.0 Å².